The topological polar surface area (TPSA) is 78.7 Å². The first-order chi connectivity index (χ1) is 10.5. The molecule has 0 saturated carbocycles. The Morgan fingerprint density at radius 2 is 1.86 bits per heavy atom. The molecule has 0 spiro atoms. The summed E-state index contributed by atoms with van der Waals surface area (Å²) >= 11 is 0. The van der Waals surface area contributed by atoms with Crippen LogP contribution in [0.3, 0.4) is 0 Å². The number of benzene rings is 2. The van der Waals surface area contributed by atoms with Gasteiger partial charge in [-0.3, -0.25) is 14.9 Å². The van der Waals surface area contributed by atoms with Gasteiger partial charge in [0.05, 0.1) is 18.1 Å². The van der Waals surface area contributed by atoms with Gasteiger partial charge in [0.1, 0.15) is 5.75 Å². The molecule has 0 radical (unpaired) electrons. The van der Waals surface area contributed by atoms with E-state index in [2.05, 4.69) is 0 Å². The largest absolute Gasteiger partial charge is 0.496 e. The van der Waals surface area contributed by atoms with Crippen LogP contribution in [0.5, 0.6) is 11.5 Å². The molecule has 0 unspecified atom stereocenters. The fraction of sp³-hybridized carbons (Fsp3) is 0.188. The molecule has 0 amide bonds. The van der Waals surface area contributed by atoms with Crippen molar-refractivity contribution in [2.75, 3.05) is 13.7 Å². The predicted molar refractivity (Wildman–Crippen MR) is 80.7 cm³/mol. The number of nitro benzene ring substituents is 1. The van der Waals surface area contributed by atoms with E-state index in [1.54, 1.807) is 18.2 Å². The van der Waals surface area contributed by atoms with Gasteiger partial charge in [0.15, 0.2) is 18.1 Å². The summed E-state index contributed by atoms with van der Waals surface area (Å²) in [6.07, 6.45) is 0. The molecule has 0 fully saturated rings. The summed E-state index contributed by atoms with van der Waals surface area (Å²) < 4.78 is 10.2. The molecule has 6 heteroatoms. The number of carbonyl (C=O) groups excluding carboxylic acids is 1. The summed E-state index contributed by atoms with van der Waals surface area (Å²) in [4.78, 5) is 22.5. The molecule has 0 aromatic heterocycles. The maximum absolute atomic E-state index is 12.0. The number of hydrogen-bond donors (Lipinski definition) is 0. The van der Waals surface area contributed by atoms with Gasteiger partial charge in [0.2, 0.25) is 0 Å². The third kappa shape index (κ3) is 3.60. The van der Waals surface area contributed by atoms with Crippen molar-refractivity contribution in [3.05, 3.63) is 63.7 Å². The summed E-state index contributed by atoms with van der Waals surface area (Å²) in [6, 6.07) is 11.3. The number of nitrogens with zero attached hydrogens (tertiary/aromatic N) is 1. The number of methoxy groups -OCH3 is 1. The van der Waals surface area contributed by atoms with E-state index in [-0.39, 0.29) is 23.8 Å². The first-order valence-corrected chi connectivity index (χ1v) is 6.56. The summed E-state index contributed by atoms with van der Waals surface area (Å²) in [7, 11) is 1.42. The molecule has 0 aliphatic rings. The van der Waals surface area contributed by atoms with Crippen LogP contribution in [0.2, 0.25) is 0 Å². The fourth-order valence-electron chi connectivity index (χ4n) is 1.85. The second-order valence-corrected chi connectivity index (χ2v) is 4.67. The molecule has 2 rings (SSSR count). The highest BCUT2D eigenvalue weighted by atomic mass is 16.6. The molecule has 0 aliphatic carbocycles. The maximum atomic E-state index is 12.0. The monoisotopic (exact) mass is 301 g/mol. The lowest BCUT2D eigenvalue weighted by Gasteiger charge is -2.07. The van der Waals surface area contributed by atoms with Gasteiger partial charge in [-0.05, 0) is 19.1 Å². The van der Waals surface area contributed by atoms with Gasteiger partial charge < -0.3 is 9.47 Å². The van der Waals surface area contributed by atoms with Crippen LogP contribution in [0, 0.1) is 17.0 Å². The van der Waals surface area contributed by atoms with Crippen molar-refractivity contribution in [2.24, 2.45) is 0 Å². The lowest BCUT2D eigenvalue weighted by molar-refractivity contribution is -0.385. The van der Waals surface area contributed by atoms with Gasteiger partial charge in [0, 0.05) is 5.56 Å². The van der Waals surface area contributed by atoms with Crippen molar-refractivity contribution in [3.63, 3.8) is 0 Å². The molecule has 2 aromatic carbocycles. The Labute approximate surface area is 127 Å². The number of ketones is 1. The van der Waals surface area contributed by atoms with E-state index < -0.39 is 4.92 Å². The minimum absolute atomic E-state index is 0.0336. The summed E-state index contributed by atoms with van der Waals surface area (Å²) in [5, 5.41) is 11.0. The smallest absolute Gasteiger partial charge is 0.314 e. The van der Waals surface area contributed by atoms with Crippen molar-refractivity contribution in [2.45, 2.75) is 6.92 Å². The standard InChI is InChI=1S/C16H15NO5/c1-11-3-5-12(6-4-11)15(18)10-22-16-8-7-13(21-2)9-14(16)17(19)20/h3-9H,10H2,1-2H3. The first-order valence-electron chi connectivity index (χ1n) is 6.56. The van der Waals surface area contributed by atoms with Crippen LogP contribution in [0.4, 0.5) is 5.69 Å². The second-order valence-electron chi connectivity index (χ2n) is 4.67. The third-order valence-corrected chi connectivity index (χ3v) is 3.10. The molecule has 22 heavy (non-hydrogen) atoms. The second kappa shape index (κ2) is 6.71. The predicted octanol–water partition coefficient (Wildman–Crippen LogP) is 3.17. The van der Waals surface area contributed by atoms with Gasteiger partial charge in [0.25, 0.3) is 0 Å². The highest BCUT2D eigenvalue weighted by Gasteiger charge is 2.18. The quantitative estimate of drug-likeness (QED) is 0.465. The molecule has 0 saturated heterocycles. The van der Waals surface area contributed by atoms with Crippen LogP contribution in [0.15, 0.2) is 42.5 Å². The molecular weight excluding hydrogens is 286 g/mol. The number of hydrogen-bond acceptors (Lipinski definition) is 5. The summed E-state index contributed by atoms with van der Waals surface area (Å²) in [5.41, 5.74) is 1.31. The molecule has 0 aliphatic heterocycles. The van der Waals surface area contributed by atoms with Gasteiger partial charge in [-0.15, -0.1) is 0 Å². The number of aryl methyl sites for hydroxylation is 1. The Bertz CT molecular complexity index is 694. The molecular formula is C16H15NO5. The van der Waals surface area contributed by atoms with E-state index in [1.165, 1.54) is 19.2 Å². The van der Waals surface area contributed by atoms with Crippen molar-refractivity contribution >= 4 is 11.5 Å². The highest BCUT2D eigenvalue weighted by Crippen LogP contribution is 2.31. The van der Waals surface area contributed by atoms with Crippen LogP contribution in [-0.4, -0.2) is 24.4 Å². The van der Waals surface area contributed by atoms with Gasteiger partial charge >= 0.3 is 5.69 Å². The van der Waals surface area contributed by atoms with Crippen molar-refractivity contribution in [1.82, 2.24) is 0 Å². The zero-order valence-corrected chi connectivity index (χ0v) is 12.2. The Balaban J connectivity index is 2.12. The molecule has 0 atom stereocenters. The summed E-state index contributed by atoms with van der Waals surface area (Å²) in [5.74, 6) is 0.139. The Morgan fingerprint density at radius 1 is 1.18 bits per heavy atom. The van der Waals surface area contributed by atoms with Gasteiger partial charge in [-0.2, -0.15) is 0 Å². The maximum Gasteiger partial charge on any atom is 0.314 e. The van der Waals surface area contributed by atoms with Gasteiger partial charge in [-0.1, -0.05) is 29.8 Å². The Hall–Kier alpha value is -2.89. The lowest BCUT2D eigenvalue weighted by atomic mass is 10.1. The van der Waals surface area contributed by atoms with Crippen molar-refractivity contribution < 1.29 is 19.2 Å². The van der Waals surface area contributed by atoms with Crippen molar-refractivity contribution in [1.29, 1.82) is 0 Å². The van der Waals surface area contributed by atoms with Gasteiger partial charge in [-0.25, -0.2) is 0 Å². The molecule has 0 heterocycles. The van der Waals surface area contributed by atoms with E-state index >= 15 is 0 Å². The van der Waals surface area contributed by atoms with Crippen LogP contribution in [0.25, 0.3) is 0 Å². The van der Waals surface area contributed by atoms with E-state index in [4.69, 9.17) is 9.47 Å². The Morgan fingerprint density at radius 3 is 2.45 bits per heavy atom. The van der Waals surface area contributed by atoms with Crippen LogP contribution in [0.1, 0.15) is 15.9 Å². The molecule has 6 nitrogen and oxygen atoms in total. The highest BCUT2D eigenvalue weighted by molar-refractivity contribution is 5.97. The number of ether oxygens (including phenoxy) is 2. The van der Waals surface area contributed by atoms with Crippen LogP contribution < -0.4 is 9.47 Å². The zero-order valence-electron chi connectivity index (χ0n) is 12.2. The molecule has 2 aromatic rings. The fourth-order valence-corrected chi connectivity index (χ4v) is 1.85. The number of nitro groups is 1. The minimum Gasteiger partial charge on any atom is -0.496 e. The van der Waals surface area contributed by atoms with Crippen molar-refractivity contribution in [3.8, 4) is 11.5 Å². The van der Waals surface area contributed by atoms with E-state index in [0.717, 1.165) is 5.56 Å². The average Bonchev–Trinajstić information content (AvgIpc) is 2.53. The average molecular weight is 301 g/mol. The minimum atomic E-state index is -0.575. The van der Waals surface area contributed by atoms with E-state index in [9.17, 15) is 14.9 Å². The Kier molecular flexibility index (Phi) is 4.73. The normalized spacial score (nSPS) is 10.1. The van der Waals surface area contributed by atoms with Crippen LogP contribution in [-0.2, 0) is 0 Å². The molecule has 0 N–H and O–H groups in total. The summed E-state index contributed by atoms with van der Waals surface area (Å²) in [6.45, 7) is 1.65. The number of carbonyl (C=O) groups is 1. The SMILES string of the molecule is COc1ccc(OCC(=O)c2ccc(C)cc2)c([N+](=O)[O-])c1. The zero-order chi connectivity index (χ0) is 16.1. The molecule has 114 valence electrons. The van der Waals surface area contributed by atoms with Crippen LogP contribution >= 0.6 is 0 Å². The molecule has 0 bridgehead atoms. The lowest BCUT2D eigenvalue weighted by Crippen LogP contribution is -2.12. The number of rotatable bonds is 6. The third-order valence-electron chi connectivity index (χ3n) is 3.10. The van der Waals surface area contributed by atoms with E-state index in [1.807, 2.05) is 19.1 Å². The van der Waals surface area contributed by atoms with E-state index in [0.29, 0.717) is 11.3 Å². The first kappa shape index (κ1) is 15.5. The number of Topliss-reactive ketones (excluding diaryl/α,β-unsaturated/α-hetero) is 1.